The van der Waals surface area contributed by atoms with Crippen LogP contribution in [0.3, 0.4) is 0 Å². The van der Waals surface area contributed by atoms with E-state index in [-0.39, 0.29) is 0 Å². The molecule has 0 spiro atoms. The minimum atomic E-state index is 0.637. The van der Waals surface area contributed by atoms with E-state index in [1.54, 1.807) is 0 Å². The highest BCUT2D eigenvalue weighted by molar-refractivity contribution is 6.24. The summed E-state index contributed by atoms with van der Waals surface area (Å²) in [5.74, 6) is 0. The van der Waals surface area contributed by atoms with E-state index in [1.807, 2.05) is 30.3 Å². The van der Waals surface area contributed by atoms with Crippen molar-refractivity contribution in [3.63, 3.8) is 0 Å². The molecule has 0 N–H and O–H groups in total. The third-order valence-corrected chi connectivity index (χ3v) is 10.4. The van der Waals surface area contributed by atoms with Gasteiger partial charge in [0.1, 0.15) is 0 Å². The van der Waals surface area contributed by atoms with Gasteiger partial charge in [0.15, 0.2) is 0 Å². The number of hydrogen-bond donors (Lipinski definition) is 0. The van der Waals surface area contributed by atoms with Gasteiger partial charge in [0, 0.05) is 16.5 Å². The number of nitrogens with zero attached hydrogens (tertiary/aromatic N) is 3. The van der Waals surface area contributed by atoms with Gasteiger partial charge in [-0.15, -0.1) is 0 Å². The van der Waals surface area contributed by atoms with Crippen LogP contribution in [0.4, 0.5) is 0 Å². The Kier molecular flexibility index (Phi) is 6.31. The molecule has 3 nitrogen and oxygen atoms in total. The number of aromatic nitrogens is 1. The Balaban J connectivity index is 1.29. The van der Waals surface area contributed by atoms with Crippen molar-refractivity contribution < 1.29 is 0 Å². The molecule has 10 rings (SSSR count). The molecule has 51 heavy (non-hydrogen) atoms. The van der Waals surface area contributed by atoms with E-state index < -0.39 is 0 Å². The fourth-order valence-electron chi connectivity index (χ4n) is 8.15. The van der Waals surface area contributed by atoms with Crippen molar-refractivity contribution in [2.45, 2.75) is 0 Å². The molecule has 0 aliphatic carbocycles. The van der Waals surface area contributed by atoms with E-state index in [9.17, 15) is 10.5 Å². The first-order valence-electron chi connectivity index (χ1n) is 17.0. The lowest BCUT2D eigenvalue weighted by atomic mass is 9.84. The van der Waals surface area contributed by atoms with Crippen molar-refractivity contribution in [1.82, 2.24) is 4.57 Å². The van der Waals surface area contributed by atoms with Crippen molar-refractivity contribution in [3.05, 3.63) is 175 Å². The van der Waals surface area contributed by atoms with Crippen LogP contribution in [0, 0.1) is 22.7 Å². The molecule has 0 saturated heterocycles. The molecule has 0 aliphatic rings. The summed E-state index contributed by atoms with van der Waals surface area (Å²) in [5.41, 5.74) is 8.97. The second-order valence-electron chi connectivity index (χ2n) is 13.1. The first kappa shape index (κ1) is 28.8. The van der Waals surface area contributed by atoms with Crippen LogP contribution in [0.1, 0.15) is 11.1 Å². The molecule has 1 heterocycles. The summed E-state index contributed by atoms with van der Waals surface area (Å²) in [7, 11) is 0. The molecule has 0 saturated carbocycles. The predicted molar refractivity (Wildman–Crippen MR) is 211 cm³/mol. The Morgan fingerprint density at radius 1 is 0.373 bits per heavy atom. The van der Waals surface area contributed by atoms with Crippen LogP contribution in [0.15, 0.2) is 164 Å². The monoisotopic (exact) mass is 645 g/mol. The minimum Gasteiger partial charge on any atom is -0.309 e. The lowest BCUT2D eigenvalue weighted by Gasteiger charge is -2.19. The molecule has 0 fully saturated rings. The van der Waals surface area contributed by atoms with Gasteiger partial charge in [-0.25, -0.2) is 0 Å². The topological polar surface area (TPSA) is 52.5 Å². The highest BCUT2D eigenvalue weighted by atomic mass is 15.0. The Labute approximate surface area is 294 Å². The van der Waals surface area contributed by atoms with Crippen LogP contribution in [0.2, 0.25) is 0 Å². The summed E-state index contributed by atoms with van der Waals surface area (Å²) in [6, 6.07) is 62.2. The molecule has 10 aromatic rings. The average molecular weight is 646 g/mol. The Hall–Kier alpha value is -7.20. The van der Waals surface area contributed by atoms with Gasteiger partial charge in [0.25, 0.3) is 0 Å². The first-order chi connectivity index (χ1) is 25.2. The highest BCUT2D eigenvalue weighted by Gasteiger charge is 2.20. The minimum absolute atomic E-state index is 0.637. The first-order valence-corrected chi connectivity index (χ1v) is 17.0. The van der Waals surface area contributed by atoms with E-state index in [0.717, 1.165) is 82.1 Å². The van der Waals surface area contributed by atoms with Crippen LogP contribution >= 0.6 is 0 Å². The van der Waals surface area contributed by atoms with E-state index in [4.69, 9.17) is 0 Å². The summed E-state index contributed by atoms with van der Waals surface area (Å²) in [4.78, 5) is 0. The second kappa shape index (κ2) is 11.2. The van der Waals surface area contributed by atoms with E-state index in [0.29, 0.717) is 11.1 Å². The quantitative estimate of drug-likeness (QED) is 0.180. The number of rotatable bonds is 3. The average Bonchev–Trinajstić information content (AvgIpc) is 3.52. The molecule has 0 aliphatic heterocycles. The van der Waals surface area contributed by atoms with Crippen molar-refractivity contribution in [1.29, 1.82) is 10.5 Å². The zero-order chi connectivity index (χ0) is 34.1. The van der Waals surface area contributed by atoms with Crippen molar-refractivity contribution in [2.75, 3.05) is 0 Å². The van der Waals surface area contributed by atoms with Gasteiger partial charge in [0.2, 0.25) is 0 Å². The highest BCUT2D eigenvalue weighted by Crippen LogP contribution is 2.46. The molecule has 0 atom stereocenters. The summed E-state index contributed by atoms with van der Waals surface area (Å²) in [6.07, 6.45) is 0. The van der Waals surface area contributed by atoms with Gasteiger partial charge in [-0.1, -0.05) is 109 Å². The van der Waals surface area contributed by atoms with Gasteiger partial charge in [-0.05, 0) is 120 Å². The molecule has 0 bridgehead atoms. The third-order valence-electron chi connectivity index (χ3n) is 10.4. The van der Waals surface area contributed by atoms with Crippen molar-refractivity contribution in [2.24, 2.45) is 0 Å². The van der Waals surface area contributed by atoms with E-state index in [2.05, 4.69) is 150 Å². The van der Waals surface area contributed by atoms with Gasteiger partial charge in [-0.2, -0.15) is 10.5 Å². The fourth-order valence-corrected chi connectivity index (χ4v) is 8.15. The molecular formula is C48H27N3. The van der Waals surface area contributed by atoms with Crippen LogP contribution in [-0.4, -0.2) is 4.57 Å². The number of benzene rings is 9. The Bertz CT molecular complexity index is 3110. The standard InChI is InChI=1S/C48H27N3/c49-28-30-17-21-45-42(24-30)43-27-35(19-22-46(43)51(45)36-20-18-32-9-1-2-10-33(32)26-36)47-38-13-5-7-15-40(38)48(41-16-8-6-14-39(41)47)44-25-31(29-50)23-34-11-3-4-12-37(34)44/h1-27H. The fraction of sp³-hybridized carbons (Fsp3) is 0. The number of hydrogen-bond acceptors (Lipinski definition) is 2. The lowest BCUT2D eigenvalue weighted by molar-refractivity contribution is 1.19. The van der Waals surface area contributed by atoms with Gasteiger partial charge in [0.05, 0.1) is 34.3 Å². The lowest BCUT2D eigenvalue weighted by Crippen LogP contribution is -1.94. The Morgan fingerprint density at radius 2 is 0.941 bits per heavy atom. The molecule has 0 amide bonds. The van der Waals surface area contributed by atoms with Crippen LogP contribution in [0.5, 0.6) is 0 Å². The SMILES string of the molecule is N#Cc1cc(-c2c3ccccc3c(-c3ccc4c(c3)c3cc(C#N)ccc3n4-c3ccc4ccccc4c3)c3ccccc23)c2ccccc2c1. The largest absolute Gasteiger partial charge is 0.309 e. The molecular weight excluding hydrogens is 619 g/mol. The molecule has 234 valence electrons. The maximum Gasteiger partial charge on any atom is 0.0992 e. The zero-order valence-electron chi connectivity index (χ0n) is 27.4. The number of nitriles is 2. The van der Waals surface area contributed by atoms with Gasteiger partial charge in [-0.3, -0.25) is 0 Å². The number of fused-ring (bicyclic) bond motifs is 7. The van der Waals surface area contributed by atoms with Crippen LogP contribution < -0.4 is 0 Å². The summed E-state index contributed by atoms with van der Waals surface area (Å²) in [6.45, 7) is 0. The zero-order valence-corrected chi connectivity index (χ0v) is 27.4. The molecule has 0 radical (unpaired) electrons. The van der Waals surface area contributed by atoms with Crippen LogP contribution in [-0.2, 0) is 0 Å². The smallest absolute Gasteiger partial charge is 0.0992 e. The maximum atomic E-state index is 10.0. The normalized spacial score (nSPS) is 11.5. The van der Waals surface area contributed by atoms with E-state index in [1.165, 1.54) is 10.8 Å². The maximum absolute atomic E-state index is 10.0. The summed E-state index contributed by atoms with van der Waals surface area (Å²) < 4.78 is 2.31. The van der Waals surface area contributed by atoms with Crippen molar-refractivity contribution >= 4 is 64.9 Å². The summed E-state index contributed by atoms with van der Waals surface area (Å²) in [5, 5.41) is 31.2. The van der Waals surface area contributed by atoms with Crippen LogP contribution in [0.25, 0.3) is 92.8 Å². The van der Waals surface area contributed by atoms with Crippen molar-refractivity contribution in [3.8, 4) is 40.1 Å². The predicted octanol–water partition coefficient (Wildman–Crippen LogP) is 12.5. The second-order valence-corrected chi connectivity index (χ2v) is 13.1. The van der Waals surface area contributed by atoms with Gasteiger partial charge < -0.3 is 4.57 Å². The summed E-state index contributed by atoms with van der Waals surface area (Å²) >= 11 is 0. The molecule has 0 unspecified atom stereocenters. The molecule has 9 aromatic carbocycles. The van der Waals surface area contributed by atoms with Gasteiger partial charge >= 0.3 is 0 Å². The third kappa shape index (κ3) is 4.36. The molecule has 3 heteroatoms. The van der Waals surface area contributed by atoms with E-state index >= 15 is 0 Å². The Morgan fingerprint density at radius 3 is 1.63 bits per heavy atom. The molecule has 1 aromatic heterocycles.